The molecule has 3 N–H and O–H groups in total. The van der Waals surface area contributed by atoms with E-state index in [2.05, 4.69) is 26.2 Å². The molecule has 0 bridgehead atoms. The number of aromatic nitrogens is 1. The van der Waals surface area contributed by atoms with Gasteiger partial charge in [-0.15, -0.1) is 0 Å². The lowest BCUT2D eigenvalue weighted by atomic mass is 9.82. The summed E-state index contributed by atoms with van der Waals surface area (Å²) < 4.78 is 11.5. The van der Waals surface area contributed by atoms with Gasteiger partial charge in [0.05, 0.1) is 23.1 Å². The number of carbonyl (C=O) groups is 5. The number of ether oxygens (including phenoxy) is 2. The Morgan fingerprint density at radius 2 is 1.83 bits per heavy atom. The lowest BCUT2D eigenvalue weighted by Crippen LogP contribution is -2.36. The summed E-state index contributed by atoms with van der Waals surface area (Å²) in [4.78, 5) is 78.5. The third-order valence-corrected chi connectivity index (χ3v) is 9.45. The van der Waals surface area contributed by atoms with E-state index in [1.54, 1.807) is 37.3 Å². The maximum Gasteiger partial charge on any atom is 0.338 e. The summed E-state index contributed by atoms with van der Waals surface area (Å²) in [5.74, 6) is -5.19. The number of H-pyrrole nitrogens is 1. The first-order chi connectivity index (χ1) is 20.1. The van der Waals surface area contributed by atoms with E-state index in [9.17, 15) is 33.9 Å². The molecule has 0 saturated carbocycles. The Morgan fingerprint density at radius 3 is 2.52 bits per heavy atom. The van der Waals surface area contributed by atoms with Gasteiger partial charge < -0.3 is 24.9 Å². The molecule has 0 radical (unpaired) electrons. The lowest BCUT2D eigenvalue weighted by Gasteiger charge is -2.31. The van der Waals surface area contributed by atoms with Gasteiger partial charge in [-0.2, -0.15) is 0 Å². The summed E-state index contributed by atoms with van der Waals surface area (Å²) in [6.45, 7) is 0.749. The average molecular weight is 677 g/mol. The molecule has 2 aliphatic heterocycles. The van der Waals surface area contributed by atoms with Crippen LogP contribution < -0.4 is 14.9 Å². The summed E-state index contributed by atoms with van der Waals surface area (Å²) in [6.07, 6.45) is 0. The third kappa shape index (κ3) is 5.84. The van der Waals surface area contributed by atoms with Gasteiger partial charge in [-0.05, 0) is 49.4 Å². The zero-order valence-electron chi connectivity index (χ0n) is 21.7. The molecule has 3 atom stereocenters. The van der Waals surface area contributed by atoms with Crippen LogP contribution in [0.25, 0.3) is 0 Å². The summed E-state index contributed by atoms with van der Waals surface area (Å²) in [6, 6.07) is 11.1. The van der Waals surface area contributed by atoms with Gasteiger partial charge in [0.25, 0.3) is 5.91 Å². The van der Waals surface area contributed by atoms with Crippen molar-refractivity contribution < 1.29 is 38.6 Å². The highest BCUT2D eigenvalue weighted by Gasteiger charge is 2.56. The van der Waals surface area contributed by atoms with E-state index in [-0.39, 0.29) is 17.2 Å². The Kier molecular flexibility index (Phi) is 8.52. The highest BCUT2D eigenvalue weighted by atomic mass is 79.9. The van der Waals surface area contributed by atoms with Crippen molar-refractivity contribution in [3.63, 3.8) is 0 Å². The maximum atomic E-state index is 13.5. The number of carbonyl (C=O) groups excluding carboxylic acids is 4. The predicted octanol–water partition coefficient (Wildman–Crippen LogP) is 3.07. The monoisotopic (exact) mass is 675 g/mol. The maximum absolute atomic E-state index is 13.5. The fourth-order valence-electron chi connectivity index (χ4n) is 4.84. The van der Waals surface area contributed by atoms with Gasteiger partial charge in [0, 0.05) is 26.5 Å². The van der Waals surface area contributed by atoms with Crippen LogP contribution in [-0.2, 0) is 23.9 Å². The molecule has 42 heavy (non-hydrogen) atoms. The summed E-state index contributed by atoms with van der Waals surface area (Å²) >= 11 is 5.35. The van der Waals surface area contributed by atoms with Crippen molar-refractivity contribution in [1.82, 2.24) is 9.88 Å². The van der Waals surface area contributed by atoms with Crippen LogP contribution in [0.5, 0.6) is 5.75 Å². The number of thiazole rings is 1. The number of rotatable bonds is 9. The predicted molar refractivity (Wildman–Crippen MR) is 155 cm³/mol. The van der Waals surface area contributed by atoms with Crippen LogP contribution in [0, 0.1) is 5.92 Å². The molecular weight excluding hydrogens is 654 g/mol. The third-order valence-electron chi connectivity index (χ3n) is 6.55. The Balaban J connectivity index is 1.41. The SMILES string of the molecule is CCOC(=O)c1ccc(NC(=O)COc2ccc(Br)cc2[C@@H]2c3sc(=O)[nH]c3S[C@@H]3C(=O)N(CC(=O)O)C(=O)[C@H]23)cc1. The van der Waals surface area contributed by atoms with Crippen molar-refractivity contribution in [3.8, 4) is 5.75 Å². The van der Waals surface area contributed by atoms with Gasteiger partial charge in [-0.3, -0.25) is 28.9 Å². The average Bonchev–Trinajstić information content (AvgIpc) is 3.43. The Hall–Kier alpha value is -3.95. The van der Waals surface area contributed by atoms with E-state index in [0.29, 0.717) is 31.2 Å². The van der Waals surface area contributed by atoms with Crippen LogP contribution >= 0.6 is 39.0 Å². The minimum atomic E-state index is -1.33. The molecule has 1 fully saturated rings. The summed E-state index contributed by atoms with van der Waals surface area (Å²) in [5.41, 5.74) is 1.21. The number of nitrogens with one attached hydrogen (secondary N) is 2. The molecule has 5 rings (SSSR count). The van der Waals surface area contributed by atoms with E-state index in [1.807, 2.05) is 0 Å². The van der Waals surface area contributed by atoms with E-state index in [1.165, 1.54) is 12.1 Å². The number of anilines is 1. The van der Waals surface area contributed by atoms with Crippen molar-refractivity contribution in [1.29, 1.82) is 0 Å². The Bertz CT molecular complexity index is 1650. The number of halogens is 1. The molecule has 3 amide bonds. The van der Waals surface area contributed by atoms with Crippen LogP contribution in [0.2, 0.25) is 0 Å². The molecule has 3 heterocycles. The number of imide groups is 1. The quantitative estimate of drug-likeness (QED) is 0.226. The second kappa shape index (κ2) is 12.1. The first-order valence-electron chi connectivity index (χ1n) is 12.5. The van der Waals surface area contributed by atoms with Crippen LogP contribution in [0.1, 0.15) is 33.6 Å². The molecule has 2 aromatic carbocycles. The lowest BCUT2D eigenvalue weighted by molar-refractivity contribution is -0.149. The number of carboxylic acids is 1. The van der Waals surface area contributed by atoms with Crippen molar-refractivity contribution >= 4 is 74.4 Å². The first kappa shape index (κ1) is 29.5. The number of hydrogen-bond acceptors (Lipinski definition) is 10. The van der Waals surface area contributed by atoms with Gasteiger partial charge in [0.1, 0.15) is 17.5 Å². The molecule has 0 aliphatic carbocycles. The van der Waals surface area contributed by atoms with Crippen molar-refractivity contribution in [2.24, 2.45) is 5.92 Å². The largest absolute Gasteiger partial charge is 0.483 e. The summed E-state index contributed by atoms with van der Waals surface area (Å²) in [7, 11) is 0. The Morgan fingerprint density at radius 1 is 1.10 bits per heavy atom. The number of aliphatic carboxylic acids is 1. The minimum absolute atomic E-state index is 0.239. The molecule has 15 heteroatoms. The molecular formula is C27H22BrN3O9S2. The van der Waals surface area contributed by atoms with E-state index in [0.717, 1.165) is 28.0 Å². The van der Waals surface area contributed by atoms with Crippen molar-refractivity contribution in [2.45, 2.75) is 23.1 Å². The second-order valence-corrected chi connectivity index (χ2v) is 12.3. The zero-order valence-corrected chi connectivity index (χ0v) is 25.0. The molecule has 12 nitrogen and oxygen atoms in total. The Labute approximate surface area is 254 Å². The smallest absolute Gasteiger partial charge is 0.338 e. The van der Waals surface area contributed by atoms with Gasteiger partial charge >= 0.3 is 16.8 Å². The number of nitrogens with zero attached hydrogens (tertiary/aromatic N) is 1. The topological polar surface area (TPSA) is 172 Å². The number of thioether (sulfide) groups is 1. The number of fused-ring (bicyclic) bond motifs is 2. The van der Waals surface area contributed by atoms with Crippen LogP contribution in [0.4, 0.5) is 5.69 Å². The number of benzene rings is 2. The van der Waals surface area contributed by atoms with E-state index < -0.39 is 59.9 Å². The molecule has 3 aromatic rings. The highest BCUT2D eigenvalue weighted by Crippen LogP contribution is 2.54. The molecule has 1 aromatic heterocycles. The number of amides is 3. The highest BCUT2D eigenvalue weighted by molar-refractivity contribution is 9.10. The van der Waals surface area contributed by atoms with Gasteiger partial charge in [-0.1, -0.05) is 39.0 Å². The van der Waals surface area contributed by atoms with E-state index in [4.69, 9.17) is 9.47 Å². The molecule has 2 aliphatic rings. The number of carboxylic acid groups (broad SMARTS) is 1. The molecule has 0 spiro atoms. The summed E-state index contributed by atoms with van der Waals surface area (Å²) in [5, 5.41) is 11.4. The molecule has 0 unspecified atom stereocenters. The zero-order chi connectivity index (χ0) is 30.1. The number of aromatic amines is 1. The van der Waals surface area contributed by atoms with Crippen molar-refractivity contribution in [3.05, 3.63) is 72.6 Å². The fourth-order valence-corrected chi connectivity index (χ4v) is 7.75. The number of esters is 1. The van der Waals surface area contributed by atoms with Crippen LogP contribution in [0.3, 0.4) is 0 Å². The fraction of sp³-hybridized carbons (Fsp3) is 0.259. The van der Waals surface area contributed by atoms with Gasteiger partial charge in [0.15, 0.2) is 6.61 Å². The van der Waals surface area contributed by atoms with Crippen LogP contribution in [0.15, 0.2) is 56.8 Å². The van der Waals surface area contributed by atoms with Crippen molar-refractivity contribution in [2.75, 3.05) is 25.1 Å². The van der Waals surface area contributed by atoms with Crippen LogP contribution in [-0.4, -0.2) is 69.7 Å². The number of likely N-dealkylation sites (tertiary alicyclic amines) is 1. The van der Waals surface area contributed by atoms with Gasteiger partial charge in [0.2, 0.25) is 11.8 Å². The normalized spacial score (nSPS) is 19.2. The standard InChI is InChI=1S/C27H22BrN3O9S2/c1-2-39-26(37)12-3-6-14(7-4-12)29-17(32)11-40-16-8-5-13(28)9-15(16)19-20-22(41-23-21(19)42-27(38)30-23)25(36)31(24(20)35)10-18(33)34/h3-9,19-20,22H,2,10-11H2,1H3,(H,29,32)(H,30,38)(H,33,34)/t19-,20+,22-/m0/s1. The molecule has 218 valence electrons. The first-order valence-corrected chi connectivity index (χ1v) is 15.0. The minimum Gasteiger partial charge on any atom is -0.483 e. The van der Waals surface area contributed by atoms with Gasteiger partial charge in [-0.25, -0.2) is 4.79 Å². The number of hydrogen-bond donors (Lipinski definition) is 3. The van der Waals surface area contributed by atoms with E-state index >= 15 is 0 Å². The molecule has 1 saturated heterocycles. The second-order valence-electron chi connectivity index (χ2n) is 9.22.